The van der Waals surface area contributed by atoms with Gasteiger partial charge in [-0.2, -0.15) is 0 Å². The first kappa shape index (κ1) is 31.5. The number of H-pyrrole nitrogens is 1. The molecule has 2 fully saturated rings. The van der Waals surface area contributed by atoms with Crippen molar-refractivity contribution in [1.29, 1.82) is 0 Å². The van der Waals surface area contributed by atoms with E-state index < -0.39 is 44.4 Å². The lowest BCUT2D eigenvalue weighted by atomic mass is 9.87. The minimum atomic E-state index is -1.71. The fourth-order valence-corrected chi connectivity index (χ4v) is 9.77. The molecule has 1 saturated carbocycles. The highest BCUT2D eigenvalue weighted by atomic mass is 33.1. The Labute approximate surface area is 243 Å². The van der Waals surface area contributed by atoms with Gasteiger partial charge in [0.25, 0.3) is 14.1 Å². The molecule has 1 N–H and O–H groups in total. The van der Waals surface area contributed by atoms with Crippen LogP contribution in [0.3, 0.4) is 0 Å². The topological polar surface area (TPSA) is 85.8 Å². The molecule has 1 aromatic rings. The highest BCUT2D eigenvalue weighted by Crippen LogP contribution is 2.50. The van der Waals surface area contributed by atoms with Crippen LogP contribution < -0.4 is 11.2 Å². The van der Waals surface area contributed by atoms with Crippen LogP contribution in [-0.4, -0.2) is 62.3 Å². The Balaban J connectivity index is 1.56. The second-order valence-corrected chi connectivity index (χ2v) is 15.2. The Hall–Kier alpha value is -0.420. The SMILES string of the molecule is [2H]CC1OC(n2ccc(=O)[nH]c2=O)C(F)C1OP(OCCCCSSC(C)C1CCCCC1)N(C(C)C)C(C)C. The number of halogens is 1. The lowest BCUT2D eigenvalue weighted by Crippen LogP contribution is -2.38. The highest BCUT2D eigenvalue weighted by molar-refractivity contribution is 8.76. The minimum absolute atomic E-state index is 0.0896. The summed E-state index contributed by atoms with van der Waals surface area (Å²) in [6.45, 7) is 10.8. The average molecular weight is 609 g/mol. The van der Waals surface area contributed by atoms with Crippen LogP contribution in [0.5, 0.6) is 0 Å². The van der Waals surface area contributed by atoms with Crippen molar-refractivity contribution in [3.05, 3.63) is 33.1 Å². The van der Waals surface area contributed by atoms with Crippen LogP contribution in [0.2, 0.25) is 0 Å². The Morgan fingerprint density at radius 1 is 1.21 bits per heavy atom. The number of nitrogens with one attached hydrogen (secondary N) is 1. The van der Waals surface area contributed by atoms with E-state index in [-0.39, 0.29) is 19.0 Å². The summed E-state index contributed by atoms with van der Waals surface area (Å²) < 4.78 is 45.2. The molecule has 0 bridgehead atoms. The third kappa shape index (κ3) is 9.55. The summed E-state index contributed by atoms with van der Waals surface area (Å²) in [5.74, 6) is 1.91. The van der Waals surface area contributed by atoms with Crippen LogP contribution in [0.4, 0.5) is 4.39 Å². The van der Waals surface area contributed by atoms with Crippen LogP contribution in [0.15, 0.2) is 21.9 Å². The fraction of sp³-hybridized carbons (Fsp3) is 0.852. The van der Waals surface area contributed by atoms with Crippen molar-refractivity contribution in [3.63, 3.8) is 0 Å². The maximum atomic E-state index is 15.8. The molecule has 1 aromatic heterocycles. The molecule has 3 rings (SSSR count). The van der Waals surface area contributed by atoms with Crippen molar-refractivity contribution in [2.75, 3.05) is 12.4 Å². The van der Waals surface area contributed by atoms with Gasteiger partial charge in [-0.15, -0.1) is 0 Å². The minimum Gasteiger partial charge on any atom is -0.349 e. The van der Waals surface area contributed by atoms with Crippen LogP contribution in [0, 0.1) is 5.92 Å². The van der Waals surface area contributed by atoms with E-state index in [4.69, 9.17) is 15.2 Å². The van der Waals surface area contributed by atoms with Gasteiger partial charge in [0.05, 0.1) is 12.7 Å². The molecule has 6 atom stereocenters. The number of nitrogens with zero attached hydrogens (tertiary/aromatic N) is 2. The lowest BCUT2D eigenvalue weighted by Gasteiger charge is -2.37. The molecule has 2 heterocycles. The summed E-state index contributed by atoms with van der Waals surface area (Å²) in [5, 5.41) is 0.691. The second kappa shape index (κ2) is 16.3. The van der Waals surface area contributed by atoms with Gasteiger partial charge >= 0.3 is 5.69 Å². The van der Waals surface area contributed by atoms with Crippen molar-refractivity contribution in [2.24, 2.45) is 5.92 Å². The number of ether oxygens (including phenoxy) is 1. The maximum absolute atomic E-state index is 15.8. The zero-order chi connectivity index (χ0) is 29.2. The number of aromatic amines is 1. The van der Waals surface area contributed by atoms with E-state index in [1.165, 1.54) is 38.3 Å². The predicted octanol–water partition coefficient (Wildman–Crippen LogP) is 6.67. The van der Waals surface area contributed by atoms with E-state index >= 15 is 4.39 Å². The smallest absolute Gasteiger partial charge is 0.330 e. The van der Waals surface area contributed by atoms with Gasteiger partial charge in [-0.3, -0.25) is 14.3 Å². The molecule has 2 aliphatic rings. The number of rotatable bonds is 15. The Bertz CT molecular complexity index is 991. The number of hydrogen-bond acceptors (Lipinski definition) is 8. The van der Waals surface area contributed by atoms with Gasteiger partial charge in [0, 0.05) is 36.7 Å². The first-order valence-electron chi connectivity index (χ1n) is 14.9. The molecule has 0 spiro atoms. The molecule has 224 valence electrons. The van der Waals surface area contributed by atoms with Gasteiger partial charge < -0.3 is 13.8 Å². The quantitative estimate of drug-likeness (QED) is 0.134. The number of unbranched alkanes of at least 4 members (excludes halogenated alkanes) is 1. The largest absolute Gasteiger partial charge is 0.349 e. The third-order valence-corrected chi connectivity index (χ3v) is 12.4. The number of aromatic nitrogens is 2. The van der Waals surface area contributed by atoms with Crippen LogP contribution >= 0.6 is 30.1 Å². The summed E-state index contributed by atoms with van der Waals surface area (Å²) in [6, 6.07) is 1.32. The Kier molecular flexibility index (Phi) is 13.2. The third-order valence-electron chi connectivity index (χ3n) is 7.21. The molecule has 39 heavy (non-hydrogen) atoms. The van der Waals surface area contributed by atoms with E-state index in [0.29, 0.717) is 11.9 Å². The molecular formula is C27H47FN3O5PS2. The molecule has 6 unspecified atom stereocenters. The Morgan fingerprint density at radius 3 is 2.56 bits per heavy atom. The predicted molar refractivity (Wildman–Crippen MR) is 161 cm³/mol. The van der Waals surface area contributed by atoms with E-state index in [1.54, 1.807) is 0 Å². The van der Waals surface area contributed by atoms with Crippen molar-refractivity contribution < 1.29 is 19.5 Å². The maximum Gasteiger partial charge on any atom is 0.330 e. The van der Waals surface area contributed by atoms with Gasteiger partial charge in [0.2, 0.25) is 0 Å². The summed E-state index contributed by atoms with van der Waals surface area (Å²) in [7, 11) is 2.32. The zero-order valence-corrected chi connectivity index (χ0v) is 26.4. The van der Waals surface area contributed by atoms with Gasteiger partial charge in [0.1, 0.15) is 6.10 Å². The molecule has 12 heteroatoms. The Morgan fingerprint density at radius 2 is 1.92 bits per heavy atom. The normalized spacial score (nSPS) is 26.4. The number of hydrogen-bond donors (Lipinski definition) is 1. The molecule has 1 saturated heterocycles. The van der Waals surface area contributed by atoms with Crippen LogP contribution in [-0.2, 0) is 13.8 Å². The molecule has 8 nitrogen and oxygen atoms in total. The first-order valence-corrected chi connectivity index (χ1v) is 17.7. The zero-order valence-electron chi connectivity index (χ0n) is 24.9. The van der Waals surface area contributed by atoms with E-state index in [1.807, 2.05) is 49.3 Å². The van der Waals surface area contributed by atoms with Crippen molar-refractivity contribution in [3.8, 4) is 0 Å². The van der Waals surface area contributed by atoms with Gasteiger partial charge in [-0.25, -0.2) is 13.9 Å². The fourth-order valence-electron chi connectivity index (χ4n) is 5.14. The average Bonchev–Trinajstić information content (AvgIpc) is 3.22. The molecule has 0 aromatic carbocycles. The van der Waals surface area contributed by atoms with Gasteiger partial charge in [-0.05, 0) is 66.2 Å². The molecule has 0 amide bonds. The standard InChI is InChI=1S/C27H47FN3O5PS2/c1-18(2)31(19(3)4)37(34-16-10-11-17-38-39-21(6)22-12-8-7-9-13-22)36-25-20(5)35-26(24(25)28)30-15-14-23(32)29-27(30)33/h14-15,18-22,24-26H,7-13,16-17H2,1-6H3,(H,29,32,33)/i5D. The molecule has 1 aliphatic carbocycles. The summed E-state index contributed by atoms with van der Waals surface area (Å²) in [5.41, 5.74) is -1.34. The van der Waals surface area contributed by atoms with Gasteiger partial charge in [-0.1, -0.05) is 47.8 Å². The second-order valence-electron chi connectivity index (χ2n) is 11.0. The van der Waals surface area contributed by atoms with Crippen molar-refractivity contribution >= 4 is 30.1 Å². The summed E-state index contributed by atoms with van der Waals surface area (Å²) in [6.07, 6.45) is 4.99. The van der Waals surface area contributed by atoms with Crippen molar-refractivity contribution in [2.45, 2.75) is 128 Å². The highest BCUT2D eigenvalue weighted by Gasteiger charge is 2.47. The summed E-state index contributed by atoms with van der Waals surface area (Å²) in [4.78, 5) is 25.9. The van der Waals surface area contributed by atoms with Crippen molar-refractivity contribution in [1.82, 2.24) is 14.2 Å². The lowest BCUT2D eigenvalue weighted by molar-refractivity contribution is -0.0180. The van der Waals surface area contributed by atoms with Crippen LogP contribution in [0.1, 0.15) is 94.1 Å². The monoisotopic (exact) mass is 608 g/mol. The number of alkyl halides is 1. The van der Waals surface area contributed by atoms with E-state index in [9.17, 15) is 9.59 Å². The van der Waals surface area contributed by atoms with Gasteiger partial charge in [0.15, 0.2) is 12.4 Å². The molecule has 1 aliphatic heterocycles. The summed E-state index contributed by atoms with van der Waals surface area (Å²) >= 11 is 0. The van der Waals surface area contributed by atoms with Crippen LogP contribution in [0.25, 0.3) is 0 Å². The molecule has 0 radical (unpaired) electrons. The van der Waals surface area contributed by atoms with E-state index in [2.05, 4.69) is 16.6 Å². The van der Waals surface area contributed by atoms with E-state index in [0.717, 1.165) is 35.1 Å². The first-order chi connectivity index (χ1) is 19.1. The molecular weight excluding hydrogens is 560 g/mol.